The molecule has 2 N–H and O–H groups in total. The first kappa shape index (κ1) is 10.9. The SMILES string of the molecule is CCOC(=O)c1cc2c(N)c(S)ccc2o1. The van der Waals surface area contributed by atoms with Crippen molar-refractivity contribution in [1.29, 1.82) is 0 Å². The van der Waals surface area contributed by atoms with Crippen molar-refractivity contribution < 1.29 is 13.9 Å². The maximum Gasteiger partial charge on any atom is 0.374 e. The van der Waals surface area contributed by atoms with Gasteiger partial charge in [-0.25, -0.2) is 4.79 Å². The molecule has 5 heteroatoms. The molecular weight excluding hydrogens is 226 g/mol. The lowest BCUT2D eigenvalue weighted by atomic mass is 10.2. The van der Waals surface area contributed by atoms with E-state index in [9.17, 15) is 4.79 Å². The summed E-state index contributed by atoms with van der Waals surface area (Å²) in [4.78, 5) is 12.1. The second kappa shape index (κ2) is 4.09. The van der Waals surface area contributed by atoms with Crippen LogP contribution in [0.1, 0.15) is 17.5 Å². The van der Waals surface area contributed by atoms with Gasteiger partial charge >= 0.3 is 5.97 Å². The van der Waals surface area contributed by atoms with E-state index >= 15 is 0 Å². The zero-order valence-corrected chi connectivity index (χ0v) is 9.58. The number of benzene rings is 1. The molecule has 84 valence electrons. The average Bonchev–Trinajstić information content (AvgIpc) is 2.69. The first-order valence-corrected chi connectivity index (χ1v) is 5.26. The smallest absolute Gasteiger partial charge is 0.374 e. The highest BCUT2D eigenvalue weighted by Gasteiger charge is 2.15. The number of carbonyl (C=O) groups is 1. The van der Waals surface area contributed by atoms with Gasteiger partial charge in [-0.05, 0) is 19.1 Å². The van der Waals surface area contributed by atoms with Gasteiger partial charge < -0.3 is 14.9 Å². The van der Waals surface area contributed by atoms with E-state index < -0.39 is 5.97 Å². The summed E-state index contributed by atoms with van der Waals surface area (Å²) < 4.78 is 10.2. The third-order valence-electron chi connectivity index (χ3n) is 2.20. The van der Waals surface area contributed by atoms with Gasteiger partial charge in [-0.1, -0.05) is 0 Å². The molecule has 0 aliphatic rings. The van der Waals surface area contributed by atoms with Gasteiger partial charge in [-0.15, -0.1) is 12.6 Å². The Morgan fingerprint density at radius 2 is 2.31 bits per heavy atom. The van der Waals surface area contributed by atoms with Crippen LogP contribution in [0.3, 0.4) is 0 Å². The highest BCUT2D eigenvalue weighted by Crippen LogP contribution is 2.30. The summed E-state index contributed by atoms with van der Waals surface area (Å²) in [6, 6.07) is 5.01. The molecule has 0 spiro atoms. The number of hydrogen-bond donors (Lipinski definition) is 2. The number of furan rings is 1. The number of carbonyl (C=O) groups excluding carboxylic acids is 1. The van der Waals surface area contributed by atoms with Crippen LogP contribution in [0, 0.1) is 0 Å². The van der Waals surface area contributed by atoms with Gasteiger partial charge in [0.05, 0.1) is 12.3 Å². The number of rotatable bonds is 2. The zero-order chi connectivity index (χ0) is 11.7. The number of nitrogens with two attached hydrogens (primary N) is 1. The van der Waals surface area contributed by atoms with Crippen molar-refractivity contribution in [2.75, 3.05) is 12.3 Å². The van der Waals surface area contributed by atoms with E-state index in [-0.39, 0.29) is 5.76 Å². The Bertz CT molecular complexity index is 547. The maximum absolute atomic E-state index is 11.4. The summed E-state index contributed by atoms with van der Waals surface area (Å²) in [5.41, 5.74) is 6.87. The second-order valence-electron chi connectivity index (χ2n) is 3.24. The summed E-state index contributed by atoms with van der Waals surface area (Å²) in [7, 11) is 0. The van der Waals surface area contributed by atoms with Gasteiger partial charge in [0.1, 0.15) is 5.58 Å². The van der Waals surface area contributed by atoms with Gasteiger partial charge in [0.2, 0.25) is 5.76 Å². The van der Waals surface area contributed by atoms with Crippen LogP contribution in [0.5, 0.6) is 0 Å². The number of anilines is 1. The van der Waals surface area contributed by atoms with Crippen molar-refractivity contribution in [3.63, 3.8) is 0 Å². The minimum Gasteiger partial charge on any atom is -0.460 e. The molecule has 0 aliphatic heterocycles. The normalized spacial score (nSPS) is 10.6. The van der Waals surface area contributed by atoms with Crippen LogP contribution < -0.4 is 5.73 Å². The molecule has 0 amide bonds. The third kappa shape index (κ3) is 1.74. The van der Waals surface area contributed by atoms with Crippen molar-refractivity contribution in [2.45, 2.75) is 11.8 Å². The number of ether oxygens (including phenoxy) is 1. The first-order valence-electron chi connectivity index (χ1n) is 4.81. The Labute approximate surface area is 97.8 Å². The van der Waals surface area contributed by atoms with Crippen LogP contribution in [0.2, 0.25) is 0 Å². The Morgan fingerprint density at radius 1 is 1.56 bits per heavy atom. The summed E-state index contributed by atoms with van der Waals surface area (Å²) in [5.74, 6) is -0.332. The van der Waals surface area contributed by atoms with Gasteiger partial charge in [0, 0.05) is 16.3 Å². The largest absolute Gasteiger partial charge is 0.460 e. The van der Waals surface area contributed by atoms with Crippen molar-refractivity contribution >= 4 is 35.3 Å². The summed E-state index contributed by atoms with van der Waals surface area (Å²) >= 11 is 4.19. The molecule has 4 nitrogen and oxygen atoms in total. The number of hydrogen-bond acceptors (Lipinski definition) is 5. The maximum atomic E-state index is 11.4. The molecule has 0 bridgehead atoms. The standard InChI is InChI=1S/C11H11NO3S/c1-2-14-11(13)8-5-6-7(15-8)3-4-9(16)10(6)12/h3-5,16H,2,12H2,1H3. The van der Waals surface area contributed by atoms with E-state index in [0.29, 0.717) is 28.2 Å². The fourth-order valence-electron chi connectivity index (χ4n) is 1.42. The predicted octanol–water partition coefficient (Wildman–Crippen LogP) is 2.48. The van der Waals surface area contributed by atoms with Crippen LogP contribution in [0.25, 0.3) is 11.0 Å². The molecule has 0 fully saturated rings. The Hall–Kier alpha value is -1.62. The number of thiol groups is 1. The van der Waals surface area contributed by atoms with Crippen molar-refractivity contribution in [2.24, 2.45) is 0 Å². The minimum atomic E-state index is -0.487. The highest BCUT2D eigenvalue weighted by atomic mass is 32.1. The fraction of sp³-hybridized carbons (Fsp3) is 0.182. The molecule has 1 aromatic heterocycles. The van der Waals surface area contributed by atoms with Crippen LogP contribution in [-0.4, -0.2) is 12.6 Å². The lowest BCUT2D eigenvalue weighted by molar-refractivity contribution is 0.0492. The molecule has 0 saturated carbocycles. The fourth-order valence-corrected chi connectivity index (χ4v) is 1.62. The summed E-state index contributed by atoms with van der Waals surface area (Å²) in [6.07, 6.45) is 0. The summed E-state index contributed by atoms with van der Waals surface area (Å²) in [6.45, 7) is 2.05. The van der Waals surface area contributed by atoms with Crippen molar-refractivity contribution in [3.8, 4) is 0 Å². The third-order valence-corrected chi connectivity index (χ3v) is 2.59. The van der Waals surface area contributed by atoms with Crippen LogP contribution >= 0.6 is 12.6 Å². The van der Waals surface area contributed by atoms with Crippen LogP contribution in [-0.2, 0) is 4.74 Å². The molecule has 1 aromatic carbocycles. The second-order valence-corrected chi connectivity index (χ2v) is 3.72. The molecule has 0 aliphatic carbocycles. The topological polar surface area (TPSA) is 65.5 Å². The quantitative estimate of drug-likeness (QED) is 0.478. The summed E-state index contributed by atoms with van der Waals surface area (Å²) in [5, 5.41) is 0.676. The van der Waals surface area contributed by atoms with Crippen molar-refractivity contribution in [1.82, 2.24) is 0 Å². The van der Waals surface area contributed by atoms with E-state index in [2.05, 4.69) is 12.6 Å². The Balaban J connectivity index is 2.52. The highest BCUT2D eigenvalue weighted by molar-refractivity contribution is 7.80. The minimum absolute atomic E-state index is 0.155. The number of nitrogen functional groups attached to an aromatic ring is 1. The zero-order valence-electron chi connectivity index (χ0n) is 8.69. The molecule has 2 rings (SSSR count). The first-order chi connectivity index (χ1) is 7.63. The molecule has 0 radical (unpaired) electrons. The van der Waals surface area contributed by atoms with E-state index in [1.165, 1.54) is 0 Å². The van der Waals surface area contributed by atoms with E-state index in [1.54, 1.807) is 25.1 Å². The number of fused-ring (bicyclic) bond motifs is 1. The van der Waals surface area contributed by atoms with E-state index in [4.69, 9.17) is 14.9 Å². The molecular formula is C11H11NO3S. The number of esters is 1. The van der Waals surface area contributed by atoms with E-state index in [0.717, 1.165) is 0 Å². The molecule has 0 saturated heterocycles. The molecule has 0 atom stereocenters. The van der Waals surface area contributed by atoms with Gasteiger partial charge in [-0.3, -0.25) is 0 Å². The Kier molecular flexibility index (Phi) is 2.78. The van der Waals surface area contributed by atoms with E-state index in [1.807, 2.05) is 0 Å². The average molecular weight is 237 g/mol. The molecule has 1 heterocycles. The molecule has 0 unspecified atom stereocenters. The van der Waals surface area contributed by atoms with Crippen molar-refractivity contribution in [3.05, 3.63) is 24.0 Å². The van der Waals surface area contributed by atoms with Crippen LogP contribution in [0.15, 0.2) is 27.5 Å². The predicted molar refractivity (Wildman–Crippen MR) is 63.8 cm³/mol. The van der Waals surface area contributed by atoms with Gasteiger partial charge in [0.15, 0.2) is 0 Å². The lowest BCUT2D eigenvalue weighted by Crippen LogP contribution is -2.02. The van der Waals surface area contributed by atoms with Gasteiger partial charge in [-0.2, -0.15) is 0 Å². The monoisotopic (exact) mass is 237 g/mol. The molecule has 2 aromatic rings. The molecule has 16 heavy (non-hydrogen) atoms. The Morgan fingerprint density at radius 3 is 3.00 bits per heavy atom. The lowest BCUT2D eigenvalue weighted by Gasteiger charge is -1.97. The van der Waals surface area contributed by atoms with Crippen LogP contribution in [0.4, 0.5) is 5.69 Å². The van der Waals surface area contributed by atoms with Gasteiger partial charge in [0.25, 0.3) is 0 Å².